The summed E-state index contributed by atoms with van der Waals surface area (Å²) in [4.78, 5) is 82.6. The molecule has 0 spiro atoms. The number of aromatic nitrogens is 4. The number of nitrogens with zero attached hydrogens (tertiary/aromatic N) is 5. The molecule has 6 aromatic carbocycles. The highest BCUT2D eigenvalue weighted by Gasteiger charge is 2.36. The number of benzene rings is 6. The largest absolute Gasteiger partial charge is 0.494 e. The first kappa shape index (κ1) is 68.1. The van der Waals surface area contributed by atoms with Gasteiger partial charge >= 0.3 is 24.0 Å². The van der Waals surface area contributed by atoms with Crippen molar-refractivity contribution >= 4 is 29.9 Å². The number of rotatable bonds is 32. The number of ether oxygens (including phenoxy) is 5. The molecule has 1 fully saturated rings. The first-order valence-electron chi connectivity index (χ1n) is 32.0. The molecule has 3 heterocycles. The van der Waals surface area contributed by atoms with Crippen LogP contribution in [0.15, 0.2) is 183 Å². The molecule has 0 aliphatic carbocycles. The number of methoxy groups -OCH3 is 1. The van der Waals surface area contributed by atoms with Crippen molar-refractivity contribution in [2.75, 3.05) is 33.4 Å². The van der Waals surface area contributed by atoms with Gasteiger partial charge in [0.2, 0.25) is 5.91 Å². The van der Waals surface area contributed by atoms with Crippen molar-refractivity contribution in [3.63, 3.8) is 0 Å². The number of nitrogens with one attached hydrogen (secondary N) is 1. The number of aliphatic carboxylic acids is 1. The average Bonchev–Trinajstić information content (AvgIpc) is 1.74. The van der Waals surface area contributed by atoms with Gasteiger partial charge in [0.25, 0.3) is 0 Å². The highest BCUT2D eigenvalue weighted by atomic mass is 16.6. The third-order valence-corrected chi connectivity index (χ3v) is 15.9. The van der Waals surface area contributed by atoms with Gasteiger partial charge in [0.1, 0.15) is 30.8 Å². The molecule has 0 saturated carbocycles. The molecular weight excluding hydrogens is 1160 g/mol. The van der Waals surface area contributed by atoms with Gasteiger partial charge in [-0.15, -0.1) is 0 Å². The summed E-state index contributed by atoms with van der Waals surface area (Å²) < 4.78 is 27.3. The Kier molecular flexibility index (Phi) is 27.2. The molecule has 92 heavy (non-hydrogen) atoms. The van der Waals surface area contributed by atoms with Crippen LogP contribution in [0.4, 0.5) is 4.79 Å². The third kappa shape index (κ3) is 22.0. The van der Waals surface area contributed by atoms with Crippen molar-refractivity contribution in [1.29, 1.82) is 0 Å². The molecule has 2 aromatic heterocycles. The number of alkyl carbamates (subject to hydrolysis) is 1. The van der Waals surface area contributed by atoms with Gasteiger partial charge in [0.05, 0.1) is 38.6 Å². The second-order valence-electron chi connectivity index (χ2n) is 22.9. The predicted octanol–water partition coefficient (Wildman–Crippen LogP) is 14.6. The van der Waals surface area contributed by atoms with Crippen LogP contribution in [0.5, 0.6) is 11.5 Å². The normalized spacial score (nSPS) is 13.2. The fraction of sp³-hybridized carbons (Fsp3) is 0.347. The number of hydrogen-bond donors (Lipinski definition) is 2. The van der Waals surface area contributed by atoms with E-state index in [1.54, 1.807) is 17.3 Å². The fourth-order valence-corrected chi connectivity index (χ4v) is 10.6. The zero-order chi connectivity index (χ0) is 64.7. The number of amides is 2. The summed E-state index contributed by atoms with van der Waals surface area (Å²) in [5.41, 5.74) is 8.80. The molecule has 2 amide bonds. The number of likely N-dealkylation sites (tertiary alicyclic amines) is 1. The summed E-state index contributed by atoms with van der Waals surface area (Å²) in [7, 11) is 1.35. The fourth-order valence-electron chi connectivity index (χ4n) is 10.6. The van der Waals surface area contributed by atoms with E-state index in [4.69, 9.17) is 23.7 Å². The Hall–Kier alpha value is -9.77. The molecule has 17 nitrogen and oxygen atoms in total. The lowest BCUT2D eigenvalue weighted by molar-refractivity contribution is -0.150. The monoisotopic (exact) mass is 1240 g/mol. The van der Waals surface area contributed by atoms with Crippen LogP contribution in [-0.2, 0) is 59.4 Å². The summed E-state index contributed by atoms with van der Waals surface area (Å²) in [5.74, 6) is -0.205. The van der Waals surface area contributed by atoms with Crippen LogP contribution >= 0.6 is 0 Å². The van der Waals surface area contributed by atoms with Crippen molar-refractivity contribution in [2.45, 2.75) is 123 Å². The summed E-state index contributed by atoms with van der Waals surface area (Å²) in [6.45, 7) is 6.82. The molecule has 0 radical (unpaired) electrons. The molecule has 9 rings (SSSR count). The highest BCUT2D eigenvalue weighted by molar-refractivity contribution is 5.85. The van der Waals surface area contributed by atoms with E-state index >= 15 is 0 Å². The SMILES string of the molecule is CCCCCCCOc1ccc(-c2cnc(-c3ccc(C[C@H](CC(=O)OCc4ccccc4)C(=O)N4CC[C@H](C(=O)OC)C4)cc3)nc2)cc1.CCCCCCCOc1ccc(-c2cnc(-c3ccc(C[C@H](NC(=O)OCc4ccccc4)C(=O)O)cc3)nc2)cc1. The number of carboxylic acid groups (broad SMARTS) is 1. The Labute approximate surface area is 540 Å². The maximum absolute atomic E-state index is 13.7. The van der Waals surface area contributed by atoms with Gasteiger partial charge in [-0.2, -0.15) is 0 Å². The molecule has 17 heteroatoms. The first-order valence-corrected chi connectivity index (χ1v) is 32.0. The van der Waals surface area contributed by atoms with Gasteiger partial charge in [-0.1, -0.05) is 199 Å². The summed E-state index contributed by atoms with van der Waals surface area (Å²) in [6.07, 6.45) is 19.4. The van der Waals surface area contributed by atoms with Gasteiger partial charge in [0.15, 0.2) is 11.6 Å². The Morgan fingerprint density at radius 1 is 0.522 bits per heavy atom. The van der Waals surface area contributed by atoms with E-state index in [0.717, 1.165) is 93.2 Å². The van der Waals surface area contributed by atoms with Crippen molar-refractivity contribution < 1.29 is 52.8 Å². The van der Waals surface area contributed by atoms with Crippen LogP contribution < -0.4 is 14.8 Å². The zero-order valence-electron chi connectivity index (χ0n) is 53.0. The third-order valence-electron chi connectivity index (χ3n) is 15.9. The molecule has 1 saturated heterocycles. The Morgan fingerprint density at radius 2 is 0.967 bits per heavy atom. The van der Waals surface area contributed by atoms with Gasteiger partial charge in [0, 0.05) is 66.6 Å². The molecule has 0 unspecified atom stereocenters. The van der Waals surface area contributed by atoms with E-state index in [-0.39, 0.29) is 50.4 Å². The van der Waals surface area contributed by atoms with E-state index in [1.807, 2.05) is 170 Å². The van der Waals surface area contributed by atoms with Crippen LogP contribution in [0.1, 0.15) is 113 Å². The number of hydrogen-bond acceptors (Lipinski definition) is 14. The molecule has 3 atom stereocenters. The maximum Gasteiger partial charge on any atom is 0.408 e. The summed E-state index contributed by atoms with van der Waals surface area (Å²) in [6, 6.07) is 48.5. The summed E-state index contributed by atoms with van der Waals surface area (Å²) >= 11 is 0. The van der Waals surface area contributed by atoms with E-state index in [9.17, 15) is 29.1 Å². The molecule has 0 bridgehead atoms. The number of esters is 2. The Balaban J connectivity index is 0.000000240. The quantitative estimate of drug-likeness (QED) is 0.0228. The smallest absolute Gasteiger partial charge is 0.408 e. The first-order chi connectivity index (χ1) is 44.9. The zero-order valence-corrected chi connectivity index (χ0v) is 53.0. The molecule has 2 N–H and O–H groups in total. The minimum Gasteiger partial charge on any atom is -0.494 e. The lowest BCUT2D eigenvalue weighted by Crippen LogP contribution is -2.42. The number of carboxylic acids is 1. The molecule has 480 valence electrons. The molecule has 8 aromatic rings. The second kappa shape index (κ2) is 36.8. The van der Waals surface area contributed by atoms with Gasteiger partial charge in [-0.05, 0) is 83.3 Å². The highest BCUT2D eigenvalue weighted by Crippen LogP contribution is 2.28. The lowest BCUT2D eigenvalue weighted by atomic mass is 9.94. The van der Waals surface area contributed by atoms with Crippen LogP contribution in [0.25, 0.3) is 45.0 Å². The second-order valence-corrected chi connectivity index (χ2v) is 22.9. The van der Waals surface area contributed by atoms with Crippen molar-refractivity contribution in [2.24, 2.45) is 11.8 Å². The van der Waals surface area contributed by atoms with Crippen LogP contribution in [0, 0.1) is 11.8 Å². The topological polar surface area (TPSA) is 219 Å². The van der Waals surface area contributed by atoms with Crippen molar-refractivity contribution in [3.05, 3.63) is 205 Å². The molecule has 1 aliphatic rings. The molecular formula is C75H84N6O11. The van der Waals surface area contributed by atoms with Gasteiger partial charge in [-0.3, -0.25) is 14.4 Å². The summed E-state index contributed by atoms with van der Waals surface area (Å²) in [5, 5.41) is 12.0. The maximum atomic E-state index is 13.7. The number of unbranched alkanes of at least 4 members (excludes halogenated alkanes) is 8. The number of carbonyl (C=O) groups is 5. The lowest BCUT2D eigenvalue weighted by Gasteiger charge is -2.23. The molecule has 1 aliphatic heterocycles. The van der Waals surface area contributed by atoms with Crippen LogP contribution in [-0.4, -0.2) is 99.3 Å². The van der Waals surface area contributed by atoms with Crippen LogP contribution in [0.3, 0.4) is 0 Å². The minimum atomic E-state index is -1.14. The van der Waals surface area contributed by atoms with Crippen molar-refractivity contribution in [3.8, 4) is 56.5 Å². The predicted molar refractivity (Wildman–Crippen MR) is 354 cm³/mol. The van der Waals surface area contributed by atoms with E-state index in [1.165, 1.54) is 58.5 Å². The average molecular weight is 1250 g/mol. The van der Waals surface area contributed by atoms with Gasteiger partial charge < -0.3 is 39.0 Å². The minimum absolute atomic E-state index is 0.0610. The van der Waals surface area contributed by atoms with E-state index in [2.05, 4.69) is 39.1 Å². The van der Waals surface area contributed by atoms with E-state index in [0.29, 0.717) is 31.0 Å². The number of carbonyl (C=O) groups excluding carboxylic acids is 4. The van der Waals surface area contributed by atoms with E-state index < -0.39 is 30.0 Å². The Bertz CT molecular complexity index is 3520. The van der Waals surface area contributed by atoms with Crippen molar-refractivity contribution in [1.82, 2.24) is 30.2 Å². The standard InChI is InChI=1S/C41H47N3O6.C34H37N3O5/c1-3-4-5-6-10-23-49-37-19-17-32(18-20-37)36-26-42-39(43-27-36)33-15-13-30(14-16-33)24-35(25-38(45)50-29-31-11-8-7-9-12-31)40(46)44-22-21-34(28-44)41(47)48-2;1-2-3-4-5-9-20-41-30-18-16-27(17-19-30)29-22-35-32(36-23-29)28-14-12-25(13-15-28)21-31(33(38)39)37-34(40)42-24-26-10-7-6-8-11-26/h7-9,11-20,26-27,34-35H,3-6,10,21-25,28-29H2,1-2H3;6-8,10-19,22-23,31H,2-5,9,20-21,24H2,1H3,(H,37,40)(H,38,39)/t34-,35+;31-/m00/s1. The Morgan fingerprint density at radius 3 is 1.42 bits per heavy atom. The van der Waals surface area contributed by atoms with Gasteiger partial charge in [-0.25, -0.2) is 29.5 Å². The van der Waals surface area contributed by atoms with Crippen LogP contribution in [0.2, 0.25) is 0 Å².